The number of rotatable bonds is 22. The van der Waals surface area contributed by atoms with Gasteiger partial charge in [0, 0.05) is 42.9 Å². The second-order valence-corrected chi connectivity index (χ2v) is 17.0. The normalized spacial score (nSPS) is 19.3. The third-order valence-corrected chi connectivity index (χ3v) is 12.5. The molecular formula is C46H66N10O6. The van der Waals surface area contributed by atoms with Gasteiger partial charge in [0.1, 0.15) is 23.7 Å². The molecule has 16 heteroatoms. The van der Waals surface area contributed by atoms with Gasteiger partial charge >= 0.3 is 0 Å². The van der Waals surface area contributed by atoms with Gasteiger partial charge in [0.05, 0.1) is 6.54 Å². The molecule has 1 heterocycles. The Hall–Kier alpha value is -5.93. The lowest BCUT2D eigenvalue weighted by molar-refractivity contribution is -0.138. The van der Waals surface area contributed by atoms with Crippen LogP contribution in [0.4, 0.5) is 0 Å². The number of aromatic nitrogens is 1. The fourth-order valence-electron chi connectivity index (χ4n) is 9.01. The van der Waals surface area contributed by atoms with Crippen LogP contribution in [0.1, 0.15) is 108 Å². The molecule has 2 aliphatic carbocycles. The summed E-state index contributed by atoms with van der Waals surface area (Å²) in [7, 11) is 0. The summed E-state index contributed by atoms with van der Waals surface area (Å²) in [4.78, 5) is 85.2. The highest BCUT2D eigenvalue weighted by Gasteiger charge is 2.45. The largest absolute Gasteiger partial charge is 0.370 e. The smallest absolute Gasteiger partial charge is 0.246 e. The molecule has 0 radical (unpaired) electrons. The van der Waals surface area contributed by atoms with E-state index in [2.05, 4.69) is 36.9 Å². The van der Waals surface area contributed by atoms with Crippen LogP contribution in [0.5, 0.6) is 0 Å². The Morgan fingerprint density at radius 1 is 0.758 bits per heavy atom. The molecule has 2 aliphatic rings. The molecule has 336 valence electrons. The summed E-state index contributed by atoms with van der Waals surface area (Å²) in [5.74, 6) is -2.51. The molecule has 6 amide bonds. The second kappa shape index (κ2) is 23.3. The number of carbonyl (C=O) groups excluding carboxylic acids is 6. The van der Waals surface area contributed by atoms with Crippen LogP contribution in [-0.4, -0.2) is 83.1 Å². The SMILES string of the molecule is CCCCC(=O)N[C@]1(C(=O)N[C@H](Cc2ccccc2)C(=O)N[C@@H](CCCNC(=N)N)C(=O)N[C@@H](Cc2c[nH]c3ccccc23)C(=O)NCC(N)=O)CC[C@H](C2CCCCC2)CC1. The number of carbonyl (C=O) groups is 6. The molecule has 12 N–H and O–H groups in total. The highest BCUT2D eigenvalue weighted by Crippen LogP contribution is 2.41. The number of nitrogens with one attached hydrogen (secondary N) is 8. The van der Waals surface area contributed by atoms with E-state index in [1.165, 1.54) is 32.1 Å². The third-order valence-electron chi connectivity index (χ3n) is 12.5. The number of hydrogen-bond acceptors (Lipinski definition) is 7. The zero-order valence-electron chi connectivity index (χ0n) is 36.0. The van der Waals surface area contributed by atoms with Gasteiger partial charge in [-0.15, -0.1) is 0 Å². The zero-order chi connectivity index (χ0) is 44.5. The molecule has 0 aliphatic heterocycles. The lowest BCUT2D eigenvalue weighted by atomic mass is 9.68. The zero-order valence-corrected chi connectivity index (χ0v) is 36.0. The Bertz CT molecular complexity index is 1990. The van der Waals surface area contributed by atoms with E-state index >= 15 is 0 Å². The quantitative estimate of drug-likeness (QED) is 0.0407. The van der Waals surface area contributed by atoms with E-state index < -0.39 is 59.7 Å². The van der Waals surface area contributed by atoms with E-state index in [0.717, 1.165) is 41.3 Å². The topological polar surface area (TPSA) is 266 Å². The lowest BCUT2D eigenvalue weighted by Crippen LogP contribution is -2.64. The number of nitrogens with two attached hydrogens (primary N) is 2. The first-order valence-electron chi connectivity index (χ1n) is 22.3. The Kier molecular flexibility index (Phi) is 17.7. The van der Waals surface area contributed by atoms with E-state index in [-0.39, 0.29) is 37.7 Å². The lowest BCUT2D eigenvalue weighted by Gasteiger charge is -2.43. The predicted molar refractivity (Wildman–Crippen MR) is 238 cm³/mol. The first kappa shape index (κ1) is 47.1. The van der Waals surface area contributed by atoms with E-state index in [4.69, 9.17) is 16.9 Å². The van der Waals surface area contributed by atoms with Crippen molar-refractivity contribution < 1.29 is 28.8 Å². The van der Waals surface area contributed by atoms with Gasteiger partial charge in [0.15, 0.2) is 5.96 Å². The van der Waals surface area contributed by atoms with Crippen LogP contribution < -0.4 is 43.4 Å². The fraction of sp³-hybridized carbons (Fsp3) is 0.543. The Morgan fingerprint density at radius 2 is 1.40 bits per heavy atom. The highest BCUT2D eigenvalue weighted by atomic mass is 16.2. The number of primary amides is 1. The van der Waals surface area contributed by atoms with Gasteiger partial charge < -0.3 is 48.4 Å². The maximum absolute atomic E-state index is 14.7. The monoisotopic (exact) mass is 855 g/mol. The van der Waals surface area contributed by atoms with Crippen LogP contribution in [-0.2, 0) is 41.6 Å². The minimum atomic E-state index is -1.20. The number of guanidine groups is 1. The molecule has 0 unspecified atom stereocenters. The van der Waals surface area contributed by atoms with Crippen molar-refractivity contribution in [3.63, 3.8) is 0 Å². The predicted octanol–water partition coefficient (Wildman–Crippen LogP) is 3.09. The number of unbranched alkanes of at least 4 members (excludes halogenated alkanes) is 1. The highest BCUT2D eigenvalue weighted by molar-refractivity contribution is 5.97. The summed E-state index contributed by atoms with van der Waals surface area (Å²) in [6.07, 6.45) is 12.7. The molecule has 1 aromatic heterocycles. The van der Waals surface area contributed by atoms with Crippen LogP contribution in [0.25, 0.3) is 10.9 Å². The van der Waals surface area contributed by atoms with Crippen molar-refractivity contribution in [3.05, 3.63) is 71.9 Å². The van der Waals surface area contributed by atoms with Crippen molar-refractivity contribution in [2.45, 2.75) is 133 Å². The van der Waals surface area contributed by atoms with Crippen molar-refractivity contribution in [2.75, 3.05) is 13.1 Å². The van der Waals surface area contributed by atoms with Gasteiger partial charge in [-0.25, -0.2) is 0 Å². The van der Waals surface area contributed by atoms with E-state index in [1.807, 2.05) is 61.5 Å². The van der Waals surface area contributed by atoms with Crippen LogP contribution in [0, 0.1) is 17.2 Å². The van der Waals surface area contributed by atoms with Gasteiger partial charge in [0.25, 0.3) is 0 Å². The van der Waals surface area contributed by atoms with Crippen LogP contribution in [0.3, 0.4) is 0 Å². The van der Waals surface area contributed by atoms with E-state index in [0.29, 0.717) is 43.9 Å². The van der Waals surface area contributed by atoms with Gasteiger partial charge in [0.2, 0.25) is 35.4 Å². The fourth-order valence-corrected chi connectivity index (χ4v) is 9.01. The van der Waals surface area contributed by atoms with E-state index in [1.54, 1.807) is 6.20 Å². The van der Waals surface area contributed by atoms with E-state index in [9.17, 15) is 28.8 Å². The molecule has 2 saturated carbocycles. The first-order valence-corrected chi connectivity index (χ1v) is 22.3. The Balaban J connectivity index is 1.39. The molecule has 3 aromatic rings. The minimum Gasteiger partial charge on any atom is -0.370 e. The summed E-state index contributed by atoms with van der Waals surface area (Å²) >= 11 is 0. The van der Waals surface area contributed by atoms with Crippen molar-refractivity contribution in [3.8, 4) is 0 Å². The van der Waals surface area contributed by atoms with Crippen molar-refractivity contribution in [1.29, 1.82) is 5.41 Å². The number of fused-ring (bicyclic) bond motifs is 1. The maximum atomic E-state index is 14.7. The Labute approximate surface area is 364 Å². The molecule has 0 saturated heterocycles. The van der Waals surface area contributed by atoms with Crippen molar-refractivity contribution >= 4 is 52.3 Å². The summed E-state index contributed by atoms with van der Waals surface area (Å²) in [5.41, 5.74) is 12.0. The third kappa shape index (κ3) is 13.8. The van der Waals surface area contributed by atoms with Gasteiger partial charge in [-0.05, 0) is 74.0 Å². The number of benzene rings is 2. The molecule has 2 fully saturated rings. The first-order chi connectivity index (χ1) is 29.9. The summed E-state index contributed by atoms with van der Waals surface area (Å²) in [6.45, 7) is 1.78. The molecule has 0 bridgehead atoms. The Morgan fingerprint density at radius 3 is 2.10 bits per heavy atom. The van der Waals surface area contributed by atoms with Crippen LogP contribution in [0.15, 0.2) is 60.8 Å². The summed E-state index contributed by atoms with van der Waals surface area (Å²) < 4.78 is 0. The number of para-hydroxylation sites is 1. The van der Waals surface area contributed by atoms with Crippen molar-refractivity contribution in [2.24, 2.45) is 23.3 Å². The molecule has 3 atom stereocenters. The van der Waals surface area contributed by atoms with Gasteiger partial charge in [-0.1, -0.05) is 94.0 Å². The van der Waals surface area contributed by atoms with Crippen molar-refractivity contribution in [1.82, 2.24) is 36.9 Å². The number of amides is 6. The van der Waals surface area contributed by atoms with Gasteiger partial charge in [-0.3, -0.25) is 34.2 Å². The average molecular weight is 855 g/mol. The molecule has 16 nitrogen and oxygen atoms in total. The van der Waals surface area contributed by atoms with Crippen LogP contribution >= 0.6 is 0 Å². The summed E-state index contributed by atoms with van der Waals surface area (Å²) in [5, 5.41) is 25.4. The second-order valence-electron chi connectivity index (χ2n) is 17.0. The molecule has 0 spiro atoms. The molecular weight excluding hydrogens is 789 g/mol. The molecule has 5 rings (SSSR count). The summed E-state index contributed by atoms with van der Waals surface area (Å²) in [6, 6.07) is 13.2. The molecule has 62 heavy (non-hydrogen) atoms. The minimum absolute atomic E-state index is 0.0489. The average Bonchev–Trinajstić information content (AvgIpc) is 3.68. The van der Waals surface area contributed by atoms with Gasteiger partial charge in [-0.2, -0.15) is 0 Å². The number of hydrogen-bond donors (Lipinski definition) is 10. The maximum Gasteiger partial charge on any atom is 0.246 e. The molecule has 2 aromatic carbocycles. The van der Waals surface area contributed by atoms with Crippen LogP contribution in [0.2, 0.25) is 0 Å². The number of aromatic amines is 1. The number of H-pyrrole nitrogens is 1. The standard InChI is InChI=1S/C46H66N10O6/c1-2-3-20-40(58)56-46(23-21-32(22-24-46)31-15-8-5-9-16-31)44(62)55-37(26-30-13-6-4-7-14-30)43(61)53-36(19-12-25-50-45(48)49)42(60)54-38(41(59)52-29-39(47)57)27-33-28-51-35-18-11-10-17-34(33)35/h4,6-7,10-11,13-14,17-18,28,31-32,36-38,51H,2-3,5,8-9,12,15-16,19-27,29H2,1H3,(H2,47,57)(H,52,59)(H,53,61)(H,54,60)(H,55,62)(H,56,58)(H4,48,49,50)/t32-,36-,37+,38-,46+/m0/s1.